The fraction of sp³-hybridized carbons (Fsp3) is 0.200. The van der Waals surface area contributed by atoms with Gasteiger partial charge in [-0.1, -0.05) is 11.8 Å². The molecule has 2 aromatic rings. The quantitative estimate of drug-likeness (QED) is 0.826. The number of nitrogens with one attached hydrogen (secondary N) is 1. The lowest BCUT2D eigenvalue weighted by Crippen LogP contribution is -2.14. The fourth-order valence-corrected chi connectivity index (χ4v) is 3.06. The lowest BCUT2D eigenvalue weighted by Gasteiger charge is -2.00. The van der Waals surface area contributed by atoms with Gasteiger partial charge in [0.15, 0.2) is 0 Å². The molecule has 2 rings (SSSR count). The van der Waals surface area contributed by atoms with Crippen LogP contribution in [0.5, 0.6) is 0 Å². The number of hydrogen-bond donors (Lipinski definition) is 2. The minimum atomic E-state index is -0.927. The molecule has 0 aliphatic heterocycles. The van der Waals surface area contributed by atoms with E-state index in [-0.39, 0.29) is 0 Å². The summed E-state index contributed by atoms with van der Waals surface area (Å²) >= 11 is 2.58. The zero-order valence-corrected chi connectivity index (χ0v) is 11.0. The van der Waals surface area contributed by atoms with Crippen LogP contribution in [0, 0.1) is 6.92 Å². The Morgan fingerprint density at radius 2 is 2.33 bits per heavy atom. The number of aromatic carboxylic acids is 1. The smallest absolute Gasteiger partial charge is 0.362 e. The number of thioether (sulfide) groups is 1. The van der Waals surface area contributed by atoms with E-state index >= 15 is 0 Å². The summed E-state index contributed by atoms with van der Waals surface area (Å²) in [7, 11) is 0. The van der Waals surface area contributed by atoms with Crippen molar-refractivity contribution >= 4 is 29.1 Å². The molecule has 2 N–H and O–H groups in total. The average molecular weight is 283 g/mol. The summed E-state index contributed by atoms with van der Waals surface area (Å²) in [6.45, 7) is 1.75. The zero-order valence-electron chi connectivity index (χ0n) is 9.34. The number of carboxylic acid groups (broad SMARTS) is 1. The van der Waals surface area contributed by atoms with Crippen molar-refractivity contribution in [3.8, 4) is 0 Å². The minimum Gasteiger partial charge on any atom is -0.477 e. The molecule has 0 saturated carbocycles. The number of H-pyrrole nitrogens is 1. The number of aromatic amines is 1. The summed E-state index contributed by atoms with van der Waals surface area (Å²) in [5, 5.41) is 15.4. The minimum absolute atomic E-state index is 0.305. The summed E-state index contributed by atoms with van der Waals surface area (Å²) in [6, 6.07) is 3.33. The highest BCUT2D eigenvalue weighted by atomic mass is 32.2. The van der Waals surface area contributed by atoms with Gasteiger partial charge in [0.25, 0.3) is 0 Å². The molecule has 2 aromatic heterocycles. The van der Waals surface area contributed by atoms with E-state index in [0.717, 1.165) is 4.88 Å². The Morgan fingerprint density at radius 1 is 1.56 bits per heavy atom. The van der Waals surface area contributed by atoms with Crippen molar-refractivity contribution in [3.63, 3.8) is 0 Å². The molecule has 0 bridgehead atoms. The number of nitrogens with zero attached hydrogens (tertiary/aromatic N) is 2. The first-order chi connectivity index (χ1) is 8.56. The number of thiophene rings is 1. The lowest BCUT2D eigenvalue weighted by atomic mass is 10.4. The summed E-state index contributed by atoms with van der Waals surface area (Å²) in [5.74, 6) is -0.361. The third-order valence-corrected chi connectivity index (χ3v) is 4.43. The maximum Gasteiger partial charge on any atom is 0.362 e. The first-order valence-corrected chi connectivity index (χ1v) is 6.74. The van der Waals surface area contributed by atoms with Crippen LogP contribution in [0.15, 0.2) is 22.0 Å². The van der Waals surface area contributed by atoms with Crippen molar-refractivity contribution in [2.45, 2.75) is 17.7 Å². The third-order valence-electron chi connectivity index (χ3n) is 2.06. The average Bonchev–Trinajstić information content (AvgIpc) is 2.79. The molecule has 0 saturated heterocycles. The van der Waals surface area contributed by atoms with Gasteiger partial charge in [0, 0.05) is 10.6 Å². The summed E-state index contributed by atoms with van der Waals surface area (Å²) in [6.07, 6.45) is 0. The molecule has 0 atom stereocenters. The SMILES string of the molecule is Cc1n[nH]c(=O)nc1SCc1ccc(C(=O)O)s1. The molecule has 0 radical (unpaired) electrons. The maximum atomic E-state index is 11.0. The highest BCUT2D eigenvalue weighted by Crippen LogP contribution is 2.26. The summed E-state index contributed by atoms with van der Waals surface area (Å²) in [5.41, 5.74) is 0.162. The van der Waals surface area contributed by atoms with Crippen LogP contribution in [0.4, 0.5) is 0 Å². The van der Waals surface area contributed by atoms with Crippen LogP contribution in [0.25, 0.3) is 0 Å². The first kappa shape index (κ1) is 12.8. The lowest BCUT2D eigenvalue weighted by molar-refractivity contribution is 0.0702. The number of carbonyl (C=O) groups is 1. The molecule has 0 spiro atoms. The van der Waals surface area contributed by atoms with Gasteiger partial charge in [0.1, 0.15) is 9.90 Å². The predicted molar refractivity (Wildman–Crippen MR) is 68.2 cm³/mol. The van der Waals surface area contributed by atoms with E-state index in [1.54, 1.807) is 19.1 Å². The molecular formula is C10H9N3O3S2. The van der Waals surface area contributed by atoms with Crippen molar-refractivity contribution in [1.82, 2.24) is 15.2 Å². The molecular weight excluding hydrogens is 274 g/mol. The largest absolute Gasteiger partial charge is 0.477 e. The highest BCUT2D eigenvalue weighted by molar-refractivity contribution is 7.98. The van der Waals surface area contributed by atoms with Gasteiger partial charge in [-0.2, -0.15) is 10.1 Å². The van der Waals surface area contributed by atoms with E-state index in [4.69, 9.17) is 5.11 Å². The number of aryl methyl sites for hydroxylation is 1. The Morgan fingerprint density at radius 3 is 3.00 bits per heavy atom. The topological polar surface area (TPSA) is 95.9 Å². The Hall–Kier alpha value is -1.67. The van der Waals surface area contributed by atoms with Gasteiger partial charge < -0.3 is 5.11 Å². The molecule has 8 heteroatoms. The van der Waals surface area contributed by atoms with Gasteiger partial charge in [-0.25, -0.2) is 14.7 Å². The van der Waals surface area contributed by atoms with Crippen molar-refractivity contribution in [3.05, 3.63) is 38.1 Å². The third kappa shape index (κ3) is 2.96. The number of carboxylic acids is 1. The number of hydrogen-bond acceptors (Lipinski definition) is 6. The van der Waals surface area contributed by atoms with Gasteiger partial charge in [-0.15, -0.1) is 11.3 Å². The van der Waals surface area contributed by atoms with Crippen LogP contribution in [0.1, 0.15) is 20.2 Å². The monoisotopic (exact) mass is 283 g/mol. The van der Waals surface area contributed by atoms with E-state index in [9.17, 15) is 9.59 Å². The second-order valence-corrected chi connectivity index (χ2v) is 5.52. The van der Waals surface area contributed by atoms with Crippen LogP contribution in [0.2, 0.25) is 0 Å². The Bertz CT molecular complexity index is 635. The molecule has 0 fully saturated rings. The molecule has 0 aliphatic rings. The van der Waals surface area contributed by atoms with Crippen LogP contribution in [0.3, 0.4) is 0 Å². The van der Waals surface area contributed by atoms with Crippen LogP contribution >= 0.6 is 23.1 Å². The maximum absolute atomic E-state index is 11.0. The molecule has 0 amide bonds. The van der Waals surface area contributed by atoms with Crippen LogP contribution in [-0.2, 0) is 5.75 Å². The molecule has 94 valence electrons. The summed E-state index contributed by atoms with van der Waals surface area (Å²) in [4.78, 5) is 26.8. The van der Waals surface area contributed by atoms with Gasteiger partial charge in [0.05, 0.1) is 5.69 Å². The van der Waals surface area contributed by atoms with Crippen molar-refractivity contribution in [1.29, 1.82) is 0 Å². The van der Waals surface area contributed by atoms with E-state index in [1.807, 2.05) is 0 Å². The Kier molecular flexibility index (Phi) is 3.78. The molecule has 0 aromatic carbocycles. The number of rotatable bonds is 4. The predicted octanol–water partition coefficient (Wildman–Crippen LogP) is 1.53. The second-order valence-electron chi connectivity index (χ2n) is 3.39. The van der Waals surface area contributed by atoms with Crippen LogP contribution in [-0.4, -0.2) is 26.3 Å². The molecule has 6 nitrogen and oxygen atoms in total. The normalized spacial score (nSPS) is 10.5. The number of aromatic nitrogens is 3. The van der Waals surface area contributed by atoms with Gasteiger partial charge >= 0.3 is 11.7 Å². The van der Waals surface area contributed by atoms with E-state index in [0.29, 0.717) is 21.3 Å². The van der Waals surface area contributed by atoms with Crippen molar-refractivity contribution in [2.24, 2.45) is 0 Å². The Labute approximate surface area is 110 Å². The molecule has 0 aliphatic carbocycles. The van der Waals surface area contributed by atoms with Gasteiger partial charge in [-0.05, 0) is 19.1 Å². The first-order valence-electron chi connectivity index (χ1n) is 4.94. The second kappa shape index (κ2) is 5.32. The van der Waals surface area contributed by atoms with Crippen LogP contribution < -0.4 is 5.69 Å². The fourth-order valence-electron chi connectivity index (χ4n) is 1.22. The Balaban J connectivity index is 2.08. The van der Waals surface area contributed by atoms with Gasteiger partial charge in [-0.3, -0.25) is 0 Å². The zero-order chi connectivity index (χ0) is 13.1. The molecule has 2 heterocycles. The molecule has 18 heavy (non-hydrogen) atoms. The van der Waals surface area contributed by atoms with Crippen molar-refractivity contribution < 1.29 is 9.90 Å². The van der Waals surface area contributed by atoms with E-state index < -0.39 is 11.7 Å². The summed E-state index contributed by atoms with van der Waals surface area (Å²) < 4.78 is 0. The van der Waals surface area contributed by atoms with E-state index in [1.165, 1.54) is 23.1 Å². The van der Waals surface area contributed by atoms with E-state index in [2.05, 4.69) is 15.2 Å². The highest BCUT2D eigenvalue weighted by Gasteiger charge is 2.09. The van der Waals surface area contributed by atoms with Gasteiger partial charge in [0.2, 0.25) is 0 Å². The standard InChI is InChI=1S/C10H9N3O3S2/c1-5-8(11-10(16)13-12-5)17-4-6-2-3-7(18-6)9(14)15/h2-3H,4H2,1H3,(H,14,15)(H,11,13,16). The molecule has 0 unspecified atom stereocenters. The van der Waals surface area contributed by atoms with Crippen molar-refractivity contribution in [2.75, 3.05) is 0 Å².